The Balaban J connectivity index is 1.01. The molecule has 9 aromatic rings. The van der Waals surface area contributed by atoms with E-state index in [1.807, 2.05) is 60.7 Å². The zero-order valence-electron chi connectivity index (χ0n) is 31.6. The molecule has 3 aliphatic carbocycles. The topological polar surface area (TPSA) is 51.8 Å². The van der Waals surface area contributed by atoms with Crippen LogP contribution >= 0.6 is 0 Å². The number of rotatable bonds is 4. The van der Waals surface area contributed by atoms with Gasteiger partial charge < -0.3 is 4.42 Å². The van der Waals surface area contributed by atoms with E-state index in [-0.39, 0.29) is 11.3 Å². The molecule has 1 spiro atoms. The number of benzene rings is 7. The molecular formula is C53H39N3O. The standard InChI is InChI=1S/C53H39N3O/c1-4-15-33(16-5-1)50-54-51(34-17-6-2-7-18-34)56-52(55-50)42-23-14-22-41-44-31-35(25-28-47(44)57-49(41)42)43-32-45-38(36-19-8-9-20-37(36)43)26-27-40-39-21-10-11-24-46(39)53(48(40)45)29-12-3-13-30-53/h1-2,4-11,14-28,31,43H,3,12-13,29-30,32H2. The summed E-state index contributed by atoms with van der Waals surface area (Å²) >= 11 is 0. The number of hydrogen-bond donors (Lipinski definition) is 0. The monoisotopic (exact) mass is 733 g/mol. The molecule has 0 bridgehead atoms. The number of hydrogen-bond acceptors (Lipinski definition) is 4. The summed E-state index contributed by atoms with van der Waals surface area (Å²) in [6.07, 6.45) is 7.35. The first kappa shape index (κ1) is 32.6. The fourth-order valence-corrected chi connectivity index (χ4v) is 10.6. The number of furan rings is 1. The molecule has 1 atom stereocenters. The van der Waals surface area contributed by atoms with E-state index in [1.54, 1.807) is 16.7 Å². The van der Waals surface area contributed by atoms with Crippen LogP contribution in [0.4, 0.5) is 0 Å². The molecule has 0 N–H and O–H groups in total. The molecule has 1 fully saturated rings. The summed E-state index contributed by atoms with van der Waals surface area (Å²) in [4.78, 5) is 15.0. The first-order chi connectivity index (χ1) is 28.2. The van der Waals surface area contributed by atoms with E-state index in [0.29, 0.717) is 17.5 Å². The minimum absolute atomic E-state index is 0.100. The molecule has 2 aromatic heterocycles. The van der Waals surface area contributed by atoms with Crippen LogP contribution in [0.5, 0.6) is 0 Å². The maximum Gasteiger partial charge on any atom is 0.167 e. The fourth-order valence-electron chi connectivity index (χ4n) is 10.6. The highest BCUT2D eigenvalue weighted by Gasteiger charge is 2.46. The maximum atomic E-state index is 6.77. The summed E-state index contributed by atoms with van der Waals surface area (Å²) in [5.74, 6) is 2.08. The summed E-state index contributed by atoms with van der Waals surface area (Å²) in [5, 5.41) is 2.18. The summed E-state index contributed by atoms with van der Waals surface area (Å²) in [6.45, 7) is 0. The molecule has 57 heavy (non-hydrogen) atoms. The third-order valence-corrected chi connectivity index (χ3v) is 13.1. The SMILES string of the molecule is c1ccc(-c2nc(-c3ccccc3)nc(-c3cccc4c3oc3ccc(C5Cc6c(ccc7c6C6(CCCCC6)c6ccccc6-7)-c6ccccc65)cc34)n2)cc1. The van der Waals surface area contributed by atoms with Crippen molar-refractivity contribution in [2.45, 2.75) is 49.9 Å². The summed E-state index contributed by atoms with van der Waals surface area (Å²) < 4.78 is 6.77. The van der Waals surface area contributed by atoms with Gasteiger partial charge in [-0.25, -0.2) is 15.0 Å². The van der Waals surface area contributed by atoms with E-state index in [0.717, 1.165) is 45.0 Å². The molecule has 2 heterocycles. The van der Waals surface area contributed by atoms with Crippen molar-refractivity contribution in [3.63, 3.8) is 0 Å². The third kappa shape index (κ3) is 4.96. The molecule has 0 aliphatic heterocycles. The van der Waals surface area contributed by atoms with Crippen molar-refractivity contribution in [1.29, 1.82) is 0 Å². The largest absolute Gasteiger partial charge is 0.455 e. The van der Waals surface area contributed by atoms with Gasteiger partial charge in [0.25, 0.3) is 0 Å². The molecule has 4 nitrogen and oxygen atoms in total. The van der Waals surface area contributed by atoms with Crippen LogP contribution < -0.4 is 0 Å². The molecule has 1 unspecified atom stereocenters. The van der Waals surface area contributed by atoms with Crippen LogP contribution in [-0.2, 0) is 11.8 Å². The number of aromatic nitrogens is 3. The molecule has 0 radical (unpaired) electrons. The first-order valence-electron chi connectivity index (χ1n) is 20.4. The normalized spacial score (nSPS) is 16.3. The smallest absolute Gasteiger partial charge is 0.167 e. The Bertz CT molecular complexity index is 2970. The Morgan fingerprint density at radius 3 is 1.91 bits per heavy atom. The molecular weight excluding hydrogens is 695 g/mol. The molecule has 1 saturated carbocycles. The lowest BCUT2D eigenvalue weighted by Gasteiger charge is -2.39. The molecule has 272 valence electrons. The Hall–Kier alpha value is -6.65. The van der Waals surface area contributed by atoms with Crippen LogP contribution in [-0.4, -0.2) is 15.0 Å². The number of nitrogens with zero attached hydrogens (tertiary/aromatic N) is 3. The van der Waals surface area contributed by atoms with Gasteiger partial charge in [0.2, 0.25) is 0 Å². The summed E-state index contributed by atoms with van der Waals surface area (Å²) in [7, 11) is 0. The Morgan fingerprint density at radius 2 is 1.14 bits per heavy atom. The second-order valence-corrected chi connectivity index (χ2v) is 16.1. The molecule has 12 rings (SSSR count). The molecule has 4 heteroatoms. The lowest BCUT2D eigenvalue weighted by molar-refractivity contribution is 0.350. The van der Waals surface area contributed by atoms with Crippen molar-refractivity contribution in [1.82, 2.24) is 15.0 Å². The van der Waals surface area contributed by atoms with Crippen molar-refractivity contribution in [2.24, 2.45) is 0 Å². The number of para-hydroxylation sites is 1. The molecule has 3 aliphatic rings. The van der Waals surface area contributed by atoms with Crippen molar-refractivity contribution >= 4 is 21.9 Å². The predicted molar refractivity (Wildman–Crippen MR) is 230 cm³/mol. The van der Waals surface area contributed by atoms with E-state index >= 15 is 0 Å². The van der Waals surface area contributed by atoms with Crippen molar-refractivity contribution in [2.75, 3.05) is 0 Å². The van der Waals surface area contributed by atoms with Gasteiger partial charge >= 0.3 is 0 Å². The highest BCUT2D eigenvalue weighted by atomic mass is 16.3. The minimum Gasteiger partial charge on any atom is -0.455 e. The maximum absolute atomic E-state index is 6.77. The van der Waals surface area contributed by atoms with Gasteiger partial charge in [-0.2, -0.15) is 0 Å². The fraction of sp³-hybridized carbons (Fsp3) is 0.151. The van der Waals surface area contributed by atoms with Gasteiger partial charge in [-0.15, -0.1) is 0 Å². The van der Waals surface area contributed by atoms with Gasteiger partial charge in [0.1, 0.15) is 11.2 Å². The van der Waals surface area contributed by atoms with Gasteiger partial charge in [-0.3, -0.25) is 0 Å². The lowest BCUT2D eigenvalue weighted by Crippen LogP contribution is -2.30. The Labute approximate surface area is 331 Å². The Kier molecular flexibility index (Phi) is 7.25. The van der Waals surface area contributed by atoms with Crippen molar-refractivity contribution in [3.8, 4) is 56.4 Å². The van der Waals surface area contributed by atoms with Crippen LogP contribution in [0.3, 0.4) is 0 Å². The van der Waals surface area contributed by atoms with E-state index in [1.165, 1.54) is 65.5 Å². The van der Waals surface area contributed by atoms with E-state index in [9.17, 15) is 0 Å². The van der Waals surface area contributed by atoms with Crippen LogP contribution in [0.1, 0.15) is 65.8 Å². The zero-order chi connectivity index (χ0) is 37.5. The van der Waals surface area contributed by atoms with Gasteiger partial charge in [0.15, 0.2) is 17.5 Å². The summed E-state index contributed by atoms with van der Waals surface area (Å²) in [6, 6.07) is 56.7. The predicted octanol–water partition coefficient (Wildman–Crippen LogP) is 13.4. The lowest BCUT2D eigenvalue weighted by atomic mass is 9.64. The Morgan fingerprint density at radius 1 is 0.491 bits per heavy atom. The number of fused-ring (bicyclic) bond motifs is 12. The molecule has 0 saturated heterocycles. The minimum atomic E-state index is 0.100. The zero-order valence-corrected chi connectivity index (χ0v) is 31.6. The first-order valence-corrected chi connectivity index (χ1v) is 20.4. The molecule has 0 amide bonds. The molecule has 7 aromatic carbocycles. The van der Waals surface area contributed by atoms with Crippen LogP contribution in [0.2, 0.25) is 0 Å². The van der Waals surface area contributed by atoms with Gasteiger partial charge in [-0.1, -0.05) is 159 Å². The third-order valence-electron chi connectivity index (χ3n) is 13.1. The quantitative estimate of drug-likeness (QED) is 0.181. The van der Waals surface area contributed by atoms with Crippen LogP contribution in [0.15, 0.2) is 162 Å². The van der Waals surface area contributed by atoms with Gasteiger partial charge in [0.05, 0.1) is 5.56 Å². The average Bonchev–Trinajstić information content (AvgIpc) is 3.79. The second-order valence-electron chi connectivity index (χ2n) is 16.1. The van der Waals surface area contributed by atoms with Gasteiger partial charge in [-0.05, 0) is 87.5 Å². The van der Waals surface area contributed by atoms with E-state index < -0.39 is 0 Å². The van der Waals surface area contributed by atoms with Gasteiger partial charge in [0, 0.05) is 33.2 Å². The van der Waals surface area contributed by atoms with Crippen molar-refractivity contribution < 1.29 is 4.42 Å². The highest BCUT2D eigenvalue weighted by Crippen LogP contribution is 2.59. The van der Waals surface area contributed by atoms with Crippen LogP contribution in [0, 0.1) is 0 Å². The van der Waals surface area contributed by atoms with Crippen molar-refractivity contribution in [3.05, 3.63) is 186 Å². The van der Waals surface area contributed by atoms with Crippen LogP contribution in [0.25, 0.3) is 78.4 Å². The second kappa shape index (κ2) is 12.7. The summed E-state index contributed by atoms with van der Waals surface area (Å²) in [5.41, 5.74) is 17.6. The van der Waals surface area contributed by atoms with E-state index in [2.05, 4.69) is 97.1 Å². The highest BCUT2D eigenvalue weighted by molar-refractivity contribution is 6.09. The average molecular weight is 734 g/mol. The van der Waals surface area contributed by atoms with E-state index in [4.69, 9.17) is 19.4 Å².